The van der Waals surface area contributed by atoms with Crippen molar-refractivity contribution in [3.63, 3.8) is 0 Å². The second-order valence-corrected chi connectivity index (χ2v) is 4.37. The molecule has 0 amide bonds. The first-order chi connectivity index (χ1) is 9.31. The lowest BCUT2D eigenvalue weighted by Gasteiger charge is -2.04. The molecule has 1 aromatic rings. The zero-order valence-corrected chi connectivity index (χ0v) is 11.7. The number of H-pyrrole nitrogens is 1. The van der Waals surface area contributed by atoms with Crippen molar-refractivity contribution in [2.24, 2.45) is 4.99 Å². The summed E-state index contributed by atoms with van der Waals surface area (Å²) in [5.41, 5.74) is -1.49. The van der Waals surface area contributed by atoms with Gasteiger partial charge in [0.1, 0.15) is 0 Å². The normalized spacial score (nSPS) is 11.2. The van der Waals surface area contributed by atoms with E-state index in [-0.39, 0.29) is 11.6 Å². The fourth-order valence-electron chi connectivity index (χ4n) is 1.22. The first-order valence-corrected chi connectivity index (χ1v) is 5.65. The Bertz CT molecular complexity index is 603. The minimum absolute atomic E-state index is 0.00714. The second-order valence-electron chi connectivity index (χ2n) is 4.37. The Labute approximate surface area is 115 Å². The third-order valence-corrected chi connectivity index (χ3v) is 2.03. The predicted molar refractivity (Wildman–Crippen MR) is 76.1 cm³/mol. The van der Waals surface area contributed by atoms with Gasteiger partial charge in [0.05, 0.1) is 11.3 Å². The van der Waals surface area contributed by atoms with Crippen molar-refractivity contribution in [2.45, 2.75) is 0 Å². The molecule has 0 atom stereocenters. The molecule has 0 aliphatic heterocycles. The molecule has 0 radical (unpaired) electrons. The molecule has 0 aromatic carbocycles. The summed E-state index contributed by atoms with van der Waals surface area (Å²) in [4.78, 5) is 35.3. The summed E-state index contributed by atoms with van der Waals surface area (Å²) in [6.07, 6.45) is 4.39. The van der Waals surface area contributed by atoms with Crippen molar-refractivity contribution in [1.82, 2.24) is 19.8 Å². The highest BCUT2D eigenvalue weighted by atomic mass is 16.6. The summed E-state index contributed by atoms with van der Waals surface area (Å²) in [7, 11) is 7.00. The fourth-order valence-corrected chi connectivity index (χ4v) is 1.22. The maximum absolute atomic E-state index is 11.7. The van der Waals surface area contributed by atoms with Crippen LogP contribution in [-0.2, 0) is 0 Å². The highest BCUT2D eigenvalue weighted by Gasteiger charge is 2.20. The Balaban J connectivity index is 3.35. The van der Waals surface area contributed by atoms with Crippen molar-refractivity contribution in [3.05, 3.63) is 32.4 Å². The van der Waals surface area contributed by atoms with Crippen LogP contribution in [0.15, 0.2) is 16.0 Å². The lowest BCUT2D eigenvalue weighted by Crippen LogP contribution is -2.15. The van der Waals surface area contributed by atoms with Gasteiger partial charge in [0.25, 0.3) is 0 Å². The van der Waals surface area contributed by atoms with E-state index in [0.717, 1.165) is 0 Å². The summed E-state index contributed by atoms with van der Waals surface area (Å²) in [6.45, 7) is 0. The molecule has 1 N–H and O–H groups in total. The van der Waals surface area contributed by atoms with E-state index < -0.39 is 16.2 Å². The molecule has 9 heteroatoms. The fraction of sp³-hybridized carbons (Fsp3) is 0.364. The Morgan fingerprint density at radius 3 is 2.45 bits per heavy atom. The summed E-state index contributed by atoms with van der Waals surface area (Å²) in [5.74, 6) is 0.00714. The standard InChI is InChI=1S/C11H16N6O3/c1-15(2)6-5-8-9(17(19)20)10(18)14-11(13-8)12-7-16(3)4/h5-7H,1-4H3,(H,13,14,18)/b6-5+,12-7-. The molecule has 108 valence electrons. The Morgan fingerprint density at radius 1 is 1.30 bits per heavy atom. The zero-order chi connectivity index (χ0) is 15.3. The van der Waals surface area contributed by atoms with E-state index in [1.165, 1.54) is 12.4 Å². The predicted octanol–water partition coefficient (Wildman–Crippen LogP) is 0.432. The third-order valence-electron chi connectivity index (χ3n) is 2.03. The Kier molecular flexibility index (Phi) is 4.95. The van der Waals surface area contributed by atoms with Gasteiger partial charge in [-0.1, -0.05) is 0 Å². The molecule has 0 aliphatic carbocycles. The first kappa shape index (κ1) is 15.3. The minimum Gasteiger partial charge on any atom is -0.383 e. The highest BCUT2D eigenvalue weighted by Crippen LogP contribution is 2.15. The van der Waals surface area contributed by atoms with E-state index in [1.807, 2.05) is 0 Å². The van der Waals surface area contributed by atoms with Gasteiger partial charge in [-0.15, -0.1) is 0 Å². The van der Waals surface area contributed by atoms with Crippen LogP contribution in [0.4, 0.5) is 11.6 Å². The van der Waals surface area contributed by atoms with Crippen molar-refractivity contribution in [2.75, 3.05) is 28.2 Å². The van der Waals surface area contributed by atoms with E-state index >= 15 is 0 Å². The number of rotatable bonds is 5. The van der Waals surface area contributed by atoms with Crippen LogP contribution in [0.25, 0.3) is 6.08 Å². The van der Waals surface area contributed by atoms with Gasteiger partial charge in [0.15, 0.2) is 5.69 Å². The summed E-state index contributed by atoms with van der Waals surface area (Å²) < 4.78 is 0. The smallest absolute Gasteiger partial charge is 0.359 e. The van der Waals surface area contributed by atoms with Gasteiger partial charge < -0.3 is 9.80 Å². The van der Waals surface area contributed by atoms with Crippen molar-refractivity contribution in [1.29, 1.82) is 0 Å². The Hall–Kier alpha value is -2.71. The molecule has 0 spiro atoms. The average Bonchev–Trinajstić information content (AvgIpc) is 2.32. The summed E-state index contributed by atoms with van der Waals surface area (Å²) in [5, 5.41) is 10.9. The maximum atomic E-state index is 11.7. The maximum Gasteiger partial charge on any atom is 0.359 e. The number of hydrogen-bond acceptors (Lipinski definition) is 6. The van der Waals surface area contributed by atoms with E-state index in [1.54, 1.807) is 44.2 Å². The Morgan fingerprint density at radius 2 is 1.95 bits per heavy atom. The first-order valence-electron chi connectivity index (χ1n) is 5.65. The van der Waals surface area contributed by atoms with Gasteiger partial charge in [-0.05, 0) is 6.08 Å². The van der Waals surface area contributed by atoms with Gasteiger partial charge in [-0.2, -0.15) is 0 Å². The molecule has 20 heavy (non-hydrogen) atoms. The molecule has 1 aromatic heterocycles. The molecule has 0 fully saturated rings. The molecule has 0 aliphatic rings. The van der Waals surface area contributed by atoms with E-state index in [2.05, 4.69) is 15.0 Å². The topological polar surface area (TPSA) is 108 Å². The molecule has 0 bridgehead atoms. The number of nitro groups is 1. The molecule has 1 heterocycles. The van der Waals surface area contributed by atoms with Gasteiger partial charge in [0.2, 0.25) is 5.95 Å². The van der Waals surface area contributed by atoms with Crippen LogP contribution in [-0.4, -0.2) is 59.2 Å². The van der Waals surface area contributed by atoms with Gasteiger partial charge in [-0.25, -0.2) is 9.98 Å². The van der Waals surface area contributed by atoms with Crippen LogP contribution in [0.5, 0.6) is 0 Å². The number of nitrogens with zero attached hydrogens (tertiary/aromatic N) is 5. The molecular formula is C11H16N6O3. The van der Waals surface area contributed by atoms with Crippen molar-refractivity contribution >= 4 is 24.1 Å². The lowest BCUT2D eigenvalue weighted by molar-refractivity contribution is -0.386. The number of aromatic amines is 1. The van der Waals surface area contributed by atoms with Crippen molar-refractivity contribution in [3.8, 4) is 0 Å². The van der Waals surface area contributed by atoms with Crippen molar-refractivity contribution < 1.29 is 4.92 Å². The molecule has 0 saturated heterocycles. The van der Waals surface area contributed by atoms with Crippen LogP contribution in [0.1, 0.15) is 5.69 Å². The molecule has 1 rings (SSSR count). The summed E-state index contributed by atoms with van der Waals surface area (Å²) in [6, 6.07) is 0. The van der Waals surface area contributed by atoms with Crippen LogP contribution in [0.2, 0.25) is 0 Å². The number of aromatic nitrogens is 2. The van der Waals surface area contributed by atoms with Crippen LogP contribution in [0, 0.1) is 10.1 Å². The number of aliphatic imine (C=N–C) groups is 1. The van der Waals surface area contributed by atoms with Gasteiger partial charge >= 0.3 is 11.2 Å². The highest BCUT2D eigenvalue weighted by molar-refractivity contribution is 5.60. The zero-order valence-electron chi connectivity index (χ0n) is 11.7. The molecule has 9 nitrogen and oxygen atoms in total. The average molecular weight is 280 g/mol. The van der Waals surface area contributed by atoms with E-state index in [0.29, 0.717) is 0 Å². The van der Waals surface area contributed by atoms with Gasteiger partial charge in [0, 0.05) is 34.4 Å². The second kappa shape index (κ2) is 6.45. The van der Waals surface area contributed by atoms with E-state index in [9.17, 15) is 14.9 Å². The van der Waals surface area contributed by atoms with Crippen LogP contribution in [0.3, 0.4) is 0 Å². The summed E-state index contributed by atoms with van der Waals surface area (Å²) >= 11 is 0. The molecular weight excluding hydrogens is 264 g/mol. The quantitative estimate of drug-likeness (QED) is 0.363. The van der Waals surface area contributed by atoms with E-state index in [4.69, 9.17) is 0 Å². The van der Waals surface area contributed by atoms with Crippen LogP contribution >= 0.6 is 0 Å². The largest absolute Gasteiger partial charge is 0.383 e. The molecule has 0 unspecified atom stereocenters. The third kappa shape index (κ3) is 4.19. The SMILES string of the molecule is CN(C)/C=N\c1nc(/C=C/N(C)C)c([N+](=O)[O-])c(=O)[nH]1. The van der Waals surface area contributed by atoms with Gasteiger partial charge in [-0.3, -0.25) is 19.9 Å². The monoisotopic (exact) mass is 280 g/mol. The molecule has 0 saturated carbocycles. The lowest BCUT2D eigenvalue weighted by atomic mass is 10.3. The number of nitrogens with one attached hydrogen (secondary N) is 1. The van der Waals surface area contributed by atoms with Crippen LogP contribution < -0.4 is 5.56 Å². The minimum atomic E-state index is -0.839. The number of hydrogen-bond donors (Lipinski definition) is 1.